The first-order valence-electron chi connectivity index (χ1n) is 8.21. The number of tetrazole rings is 1. The lowest BCUT2D eigenvalue weighted by atomic mass is 10.1. The van der Waals surface area contributed by atoms with E-state index in [4.69, 9.17) is 9.47 Å². The van der Waals surface area contributed by atoms with Gasteiger partial charge in [0.15, 0.2) is 0 Å². The van der Waals surface area contributed by atoms with Gasteiger partial charge in [-0.2, -0.15) is 13.2 Å². The van der Waals surface area contributed by atoms with Crippen LogP contribution in [0.2, 0.25) is 0 Å². The van der Waals surface area contributed by atoms with E-state index in [9.17, 15) is 22.8 Å². The molecule has 1 fully saturated rings. The second-order valence-corrected chi connectivity index (χ2v) is 6.52. The highest BCUT2D eigenvalue weighted by atomic mass is 19.4. The van der Waals surface area contributed by atoms with Crippen LogP contribution in [0.5, 0.6) is 0 Å². The van der Waals surface area contributed by atoms with Crippen LogP contribution in [0.4, 0.5) is 23.9 Å². The highest BCUT2D eigenvalue weighted by molar-refractivity contribution is 6.04. The van der Waals surface area contributed by atoms with Gasteiger partial charge in [0.2, 0.25) is 5.95 Å². The fourth-order valence-corrected chi connectivity index (χ4v) is 2.47. The molecule has 29 heavy (non-hydrogen) atoms. The molecule has 2 aromatic rings. The Morgan fingerprint density at radius 1 is 1.45 bits per heavy atom. The number of alkyl carbamates (subject to hydrolysis) is 1. The minimum atomic E-state index is -4.70. The Hall–Kier alpha value is -3.29. The largest absolute Gasteiger partial charge is 0.447 e. The summed E-state index contributed by atoms with van der Waals surface area (Å²) in [7, 11) is 1.48. The van der Waals surface area contributed by atoms with Crippen LogP contribution in [-0.4, -0.2) is 55.9 Å². The average molecular weight is 415 g/mol. The number of rotatable bonds is 6. The molecule has 0 aliphatic carbocycles. The van der Waals surface area contributed by atoms with E-state index in [0.29, 0.717) is 6.07 Å². The van der Waals surface area contributed by atoms with Crippen molar-refractivity contribution in [2.24, 2.45) is 7.05 Å². The molecular weight excluding hydrogens is 399 g/mol. The van der Waals surface area contributed by atoms with E-state index in [1.807, 2.05) is 0 Å². The zero-order valence-electron chi connectivity index (χ0n) is 15.3. The van der Waals surface area contributed by atoms with Crippen molar-refractivity contribution in [3.8, 4) is 0 Å². The van der Waals surface area contributed by atoms with Crippen molar-refractivity contribution in [3.05, 3.63) is 29.1 Å². The van der Waals surface area contributed by atoms with E-state index in [1.165, 1.54) is 11.7 Å². The molecule has 2 N–H and O–H groups in total. The van der Waals surface area contributed by atoms with Gasteiger partial charge in [-0.25, -0.2) is 14.5 Å². The predicted molar refractivity (Wildman–Crippen MR) is 88.5 cm³/mol. The Morgan fingerprint density at radius 2 is 2.21 bits per heavy atom. The Bertz CT molecular complexity index is 933. The topological polar surface area (TPSA) is 133 Å². The van der Waals surface area contributed by atoms with Crippen molar-refractivity contribution in [2.75, 3.05) is 18.5 Å². The quantitative estimate of drug-likeness (QED) is 0.711. The number of ether oxygens (including phenoxy) is 2. The van der Waals surface area contributed by atoms with E-state index >= 15 is 0 Å². The summed E-state index contributed by atoms with van der Waals surface area (Å²) in [5, 5.41) is 15.4. The molecule has 1 saturated heterocycles. The first kappa shape index (κ1) is 20.4. The van der Waals surface area contributed by atoms with Gasteiger partial charge in [0, 0.05) is 7.05 Å². The maximum Gasteiger partial charge on any atom is 0.433 e. The number of anilines is 1. The number of amides is 2. The normalized spacial score (nSPS) is 19.0. The Morgan fingerprint density at radius 3 is 2.79 bits per heavy atom. The van der Waals surface area contributed by atoms with Gasteiger partial charge in [0.05, 0.1) is 30.0 Å². The number of pyridine rings is 1. The number of carbonyl (C=O) groups is 2. The van der Waals surface area contributed by atoms with E-state index in [1.54, 1.807) is 6.92 Å². The summed E-state index contributed by atoms with van der Waals surface area (Å²) < 4.78 is 50.5. The molecule has 0 bridgehead atoms. The number of carbonyl (C=O) groups excluding carboxylic acids is 2. The molecule has 2 amide bonds. The third-order valence-electron chi connectivity index (χ3n) is 3.94. The second-order valence-electron chi connectivity index (χ2n) is 6.52. The monoisotopic (exact) mass is 415 g/mol. The number of halogens is 3. The van der Waals surface area contributed by atoms with Crippen LogP contribution in [0.15, 0.2) is 12.1 Å². The molecule has 1 aliphatic rings. The van der Waals surface area contributed by atoms with Crippen LogP contribution in [0.25, 0.3) is 0 Å². The number of nitrogens with zero attached hydrogens (tertiary/aromatic N) is 5. The molecule has 0 aromatic carbocycles. The van der Waals surface area contributed by atoms with Crippen LogP contribution in [0, 0.1) is 0 Å². The van der Waals surface area contributed by atoms with Crippen LogP contribution in [0.1, 0.15) is 28.7 Å². The SMILES string of the molecule is Cn1nnnc1NC(=O)c1ccc(C(F)(F)F)nc1COCC1(C)COC(=O)N1. The summed E-state index contributed by atoms with van der Waals surface area (Å²) in [6.07, 6.45) is -5.32. The van der Waals surface area contributed by atoms with Gasteiger partial charge in [-0.1, -0.05) is 5.10 Å². The number of aromatic nitrogens is 5. The Kier molecular flexibility index (Phi) is 5.37. The number of hydrogen-bond donors (Lipinski definition) is 2. The van der Waals surface area contributed by atoms with E-state index in [-0.39, 0.29) is 30.4 Å². The fraction of sp³-hybridized carbons (Fsp3) is 0.467. The summed E-state index contributed by atoms with van der Waals surface area (Å²) >= 11 is 0. The third kappa shape index (κ3) is 4.77. The predicted octanol–water partition coefficient (Wildman–Crippen LogP) is 0.891. The Balaban J connectivity index is 1.79. The van der Waals surface area contributed by atoms with Crippen LogP contribution < -0.4 is 10.6 Å². The first-order valence-corrected chi connectivity index (χ1v) is 8.21. The lowest BCUT2D eigenvalue weighted by molar-refractivity contribution is -0.141. The first-order chi connectivity index (χ1) is 13.6. The summed E-state index contributed by atoms with van der Waals surface area (Å²) in [5.41, 5.74) is -2.39. The van der Waals surface area contributed by atoms with E-state index in [2.05, 4.69) is 31.1 Å². The molecule has 14 heteroatoms. The van der Waals surface area contributed by atoms with Gasteiger partial charge in [0.25, 0.3) is 5.91 Å². The second kappa shape index (κ2) is 7.62. The van der Waals surface area contributed by atoms with Crippen molar-refractivity contribution in [1.82, 2.24) is 30.5 Å². The highest BCUT2D eigenvalue weighted by Gasteiger charge is 2.36. The Labute approximate surface area is 161 Å². The fourth-order valence-electron chi connectivity index (χ4n) is 2.47. The number of alkyl halides is 3. The summed E-state index contributed by atoms with van der Waals surface area (Å²) in [4.78, 5) is 27.2. The zero-order chi connectivity index (χ0) is 21.2. The van der Waals surface area contributed by atoms with Gasteiger partial charge in [0.1, 0.15) is 12.3 Å². The molecule has 3 rings (SSSR count). The number of aryl methyl sites for hydroxylation is 1. The van der Waals surface area contributed by atoms with Crippen molar-refractivity contribution in [3.63, 3.8) is 0 Å². The van der Waals surface area contributed by atoms with Gasteiger partial charge >= 0.3 is 12.3 Å². The maximum atomic E-state index is 13.0. The maximum absolute atomic E-state index is 13.0. The summed E-state index contributed by atoms with van der Waals surface area (Å²) in [5.74, 6) is -0.758. The van der Waals surface area contributed by atoms with Crippen molar-refractivity contribution >= 4 is 17.9 Å². The third-order valence-corrected chi connectivity index (χ3v) is 3.94. The molecule has 0 spiro atoms. The molecule has 1 aliphatic heterocycles. The average Bonchev–Trinajstić information content (AvgIpc) is 3.19. The van der Waals surface area contributed by atoms with E-state index < -0.39 is 36.0 Å². The van der Waals surface area contributed by atoms with E-state index in [0.717, 1.165) is 6.07 Å². The van der Waals surface area contributed by atoms with Gasteiger partial charge in [-0.15, -0.1) is 0 Å². The van der Waals surface area contributed by atoms with Crippen LogP contribution in [-0.2, 0) is 29.3 Å². The molecule has 2 aromatic heterocycles. The van der Waals surface area contributed by atoms with Gasteiger partial charge < -0.3 is 14.8 Å². The lowest BCUT2D eigenvalue weighted by Gasteiger charge is -2.21. The van der Waals surface area contributed by atoms with Crippen LogP contribution in [0.3, 0.4) is 0 Å². The molecule has 3 heterocycles. The lowest BCUT2D eigenvalue weighted by Crippen LogP contribution is -2.44. The van der Waals surface area contributed by atoms with Crippen molar-refractivity contribution in [1.29, 1.82) is 0 Å². The molecule has 11 nitrogen and oxygen atoms in total. The van der Waals surface area contributed by atoms with Gasteiger partial charge in [-0.05, 0) is 29.5 Å². The van der Waals surface area contributed by atoms with Crippen LogP contribution >= 0.6 is 0 Å². The molecule has 1 unspecified atom stereocenters. The number of nitrogens with one attached hydrogen (secondary N) is 2. The molecular formula is C15H16F3N7O4. The van der Waals surface area contributed by atoms with Crippen molar-refractivity contribution < 1.29 is 32.2 Å². The minimum Gasteiger partial charge on any atom is -0.447 e. The number of hydrogen-bond acceptors (Lipinski definition) is 8. The number of cyclic esters (lactones) is 1. The summed E-state index contributed by atoms with van der Waals surface area (Å²) in [6, 6.07) is 1.69. The molecule has 156 valence electrons. The zero-order valence-corrected chi connectivity index (χ0v) is 15.3. The highest BCUT2D eigenvalue weighted by Crippen LogP contribution is 2.28. The summed E-state index contributed by atoms with van der Waals surface area (Å²) in [6.45, 7) is 1.21. The smallest absolute Gasteiger partial charge is 0.433 e. The molecule has 0 radical (unpaired) electrons. The molecule has 0 saturated carbocycles. The molecule has 1 atom stereocenters. The standard InChI is InChI=1S/C15H16F3N7O4/c1-14(7-29-13(27)21-14)6-28-5-9-8(3-4-10(19-9)15(16,17)18)11(26)20-12-22-23-24-25(12)2/h3-4H,5-7H2,1-2H3,(H,21,27)(H,20,22,24,26). The van der Waals surface area contributed by atoms with Crippen molar-refractivity contribution in [2.45, 2.75) is 25.2 Å². The van der Waals surface area contributed by atoms with Gasteiger partial charge in [-0.3, -0.25) is 10.1 Å². The minimum absolute atomic E-state index is 0.0000872.